The Morgan fingerprint density at radius 2 is 1.93 bits per heavy atom. The summed E-state index contributed by atoms with van der Waals surface area (Å²) in [7, 11) is 0. The summed E-state index contributed by atoms with van der Waals surface area (Å²) in [5.74, 6) is -1.20. The van der Waals surface area contributed by atoms with Gasteiger partial charge in [-0.1, -0.05) is 23.8 Å². The van der Waals surface area contributed by atoms with Crippen molar-refractivity contribution in [2.75, 3.05) is 6.61 Å². The lowest BCUT2D eigenvalue weighted by atomic mass is 9.97. The van der Waals surface area contributed by atoms with Gasteiger partial charge in [0.05, 0.1) is 4.92 Å². The van der Waals surface area contributed by atoms with Crippen LogP contribution in [0.5, 0.6) is 0 Å². The van der Waals surface area contributed by atoms with E-state index in [9.17, 15) is 19.7 Å². The van der Waals surface area contributed by atoms with Crippen molar-refractivity contribution in [2.45, 2.75) is 52.5 Å². The summed E-state index contributed by atoms with van der Waals surface area (Å²) < 4.78 is 7.20. The molecule has 1 aromatic heterocycles. The van der Waals surface area contributed by atoms with Gasteiger partial charge in [-0.05, 0) is 58.1 Å². The number of nitrogens with zero attached hydrogens (tertiary/aromatic N) is 2. The molecule has 158 valence electrons. The molecule has 0 aliphatic heterocycles. The van der Waals surface area contributed by atoms with Gasteiger partial charge in [-0.2, -0.15) is 0 Å². The molecule has 0 spiro atoms. The molecule has 0 N–H and O–H groups in total. The van der Waals surface area contributed by atoms with Crippen LogP contribution in [0, 0.1) is 24.0 Å². The Hall–Kier alpha value is -3.22. The lowest BCUT2D eigenvalue weighted by molar-refractivity contribution is -0.385. The normalized spacial score (nSPS) is 13.6. The van der Waals surface area contributed by atoms with Gasteiger partial charge in [0.15, 0.2) is 6.61 Å². The number of carbonyl (C=O) groups excluding carboxylic acids is 2. The Balaban J connectivity index is 1.65. The first-order chi connectivity index (χ1) is 14.4. The third kappa shape index (κ3) is 4.84. The molecular weight excluding hydrogens is 384 g/mol. The molecule has 7 nitrogen and oxygen atoms in total. The van der Waals surface area contributed by atoms with Gasteiger partial charge in [0.2, 0.25) is 5.78 Å². The SMILES string of the molecule is Cc1cc(C(=O)COC(=O)c2ccccc2[N+](=O)[O-])c(C)n1CCC1=CCCCC1. The molecule has 0 fully saturated rings. The van der Waals surface area contributed by atoms with Gasteiger partial charge in [-0.15, -0.1) is 0 Å². The van der Waals surface area contributed by atoms with Crippen molar-refractivity contribution in [3.05, 3.63) is 74.6 Å². The molecule has 1 aliphatic rings. The molecule has 0 radical (unpaired) electrons. The van der Waals surface area contributed by atoms with Gasteiger partial charge in [0.1, 0.15) is 5.56 Å². The van der Waals surface area contributed by atoms with Crippen molar-refractivity contribution in [2.24, 2.45) is 0 Å². The van der Waals surface area contributed by atoms with Crippen LogP contribution in [0.2, 0.25) is 0 Å². The number of benzene rings is 1. The molecule has 0 amide bonds. The zero-order chi connectivity index (χ0) is 21.7. The maximum Gasteiger partial charge on any atom is 0.345 e. The summed E-state index contributed by atoms with van der Waals surface area (Å²) in [6.45, 7) is 4.20. The van der Waals surface area contributed by atoms with Crippen LogP contribution in [0.15, 0.2) is 42.0 Å². The van der Waals surface area contributed by atoms with Crippen molar-refractivity contribution in [3.63, 3.8) is 0 Å². The number of nitro groups is 1. The van der Waals surface area contributed by atoms with Gasteiger partial charge < -0.3 is 9.30 Å². The van der Waals surface area contributed by atoms with E-state index in [4.69, 9.17) is 4.74 Å². The van der Waals surface area contributed by atoms with Gasteiger partial charge in [0.25, 0.3) is 5.69 Å². The zero-order valence-electron chi connectivity index (χ0n) is 17.3. The van der Waals surface area contributed by atoms with E-state index in [1.54, 1.807) is 0 Å². The highest BCUT2D eigenvalue weighted by Gasteiger charge is 2.23. The number of aryl methyl sites for hydroxylation is 1. The first-order valence-electron chi connectivity index (χ1n) is 10.2. The van der Waals surface area contributed by atoms with Crippen molar-refractivity contribution in [3.8, 4) is 0 Å². The minimum Gasteiger partial charge on any atom is -0.454 e. The molecule has 7 heteroatoms. The fourth-order valence-electron chi connectivity index (χ4n) is 3.91. The highest BCUT2D eigenvalue weighted by atomic mass is 16.6. The van der Waals surface area contributed by atoms with Gasteiger partial charge in [-0.25, -0.2) is 4.79 Å². The number of rotatable bonds is 8. The maximum absolute atomic E-state index is 12.7. The van der Waals surface area contributed by atoms with Gasteiger partial charge in [0, 0.05) is 29.6 Å². The Kier molecular flexibility index (Phi) is 6.82. The molecule has 0 saturated heterocycles. The highest BCUT2D eigenvalue weighted by Crippen LogP contribution is 2.23. The van der Waals surface area contributed by atoms with Crippen molar-refractivity contribution >= 4 is 17.4 Å². The third-order valence-electron chi connectivity index (χ3n) is 5.57. The average molecular weight is 410 g/mol. The van der Waals surface area contributed by atoms with E-state index < -0.39 is 17.5 Å². The number of carbonyl (C=O) groups is 2. The molecule has 3 rings (SSSR count). The van der Waals surface area contributed by atoms with Crippen LogP contribution in [0.3, 0.4) is 0 Å². The van der Waals surface area contributed by atoms with Crippen LogP contribution >= 0.6 is 0 Å². The summed E-state index contributed by atoms with van der Waals surface area (Å²) >= 11 is 0. The lowest BCUT2D eigenvalue weighted by Crippen LogP contribution is -2.16. The number of aromatic nitrogens is 1. The van der Waals surface area contributed by atoms with E-state index in [-0.39, 0.29) is 17.0 Å². The first kappa shape index (κ1) is 21.5. The summed E-state index contributed by atoms with van der Waals surface area (Å²) in [5.41, 5.74) is 3.31. The van der Waals surface area contributed by atoms with Gasteiger partial charge >= 0.3 is 5.97 Å². The number of hydrogen-bond donors (Lipinski definition) is 0. The van der Waals surface area contributed by atoms with E-state index in [2.05, 4.69) is 10.6 Å². The highest BCUT2D eigenvalue weighted by molar-refractivity contribution is 6.01. The Bertz CT molecular complexity index is 1000. The second-order valence-corrected chi connectivity index (χ2v) is 7.57. The van der Waals surface area contributed by atoms with Crippen LogP contribution in [0.25, 0.3) is 0 Å². The molecule has 1 aliphatic carbocycles. The lowest BCUT2D eigenvalue weighted by Gasteiger charge is -2.15. The quantitative estimate of drug-likeness (QED) is 0.202. The van der Waals surface area contributed by atoms with Crippen LogP contribution in [-0.2, 0) is 11.3 Å². The van der Waals surface area contributed by atoms with E-state index in [0.29, 0.717) is 5.56 Å². The Morgan fingerprint density at radius 3 is 2.63 bits per heavy atom. The number of para-hydroxylation sites is 1. The van der Waals surface area contributed by atoms with Crippen LogP contribution in [0.4, 0.5) is 5.69 Å². The summed E-state index contributed by atoms with van der Waals surface area (Å²) in [6, 6.07) is 7.34. The smallest absolute Gasteiger partial charge is 0.345 e. The number of allylic oxidation sites excluding steroid dienone is 2. The molecule has 0 unspecified atom stereocenters. The fraction of sp³-hybridized carbons (Fsp3) is 0.391. The Morgan fingerprint density at radius 1 is 1.17 bits per heavy atom. The minimum atomic E-state index is -0.881. The topological polar surface area (TPSA) is 91.4 Å². The molecule has 2 aromatic rings. The number of ketones is 1. The van der Waals surface area contributed by atoms with Crippen LogP contribution in [-0.4, -0.2) is 27.8 Å². The maximum atomic E-state index is 12.7. The Labute approximate surface area is 175 Å². The number of Topliss-reactive ketones (excluding diaryl/α,β-unsaturated/α-hetero) is 1. The summed E-state index contributed by atoms with van der Waals surface area (Å²) in [5, 5.41) is 11.1. The fourth-order valence-corrected chi connectivity index (χ4v) is 3.91. The number of ether oxygens (including phenoxy) is 1. The molecule has 30 heavy (non-hydrogen) atoms. The predicted molar refractivity (Wildman–Crippen MR) is 113 cm³/mol. The molecule has 0 atom stereocenters. The number of esters is 1. The van der Waals surface area contributed by atoms with Crippen molar-refractivity contribution in [1.29, 1.82) is 0 Å². The van der Waals surface area contributed by atoms with Crippen molar-refractivity contribution in [1.82, 2.24) is 4.57 Å². The largest absolute Gasteiger partial charge is 0.454 e. The second kappa shape index (κ2) is 9.52. The minimum absolute atomic E-state index is 0.165. The second-order valence-electron chi connectivity index (χ2n) is 7.57. The third-order valence-corrected chi connectivity index (χ3v) is 5.57. The molecule has 1 aromatic carbocycles. The molecule has 1 heterocycles. The predicted octanol–water partition coefficient (Wildman–Crippen LogP) is 4.94. The monoisotopic (exact) mass is 410 g/mol. The summed E-state index contributed by atoms with van der Waals surface area (Å²) in [4.78, 5) is 35.3. The van der Waals surface area contributed by atoms with Gasteiger partial charge in [-0.3, -0.25) is 14.9 Å². The first-order valence-corrected chi connectivity index (χ1v) is 10.2. The zero-order valence-corrected chi connectivity index (χ0v) is 17.3. The average Bonchev–Trinajstić information content (AvgIpc) is 3.04. The van der Waals surface area contributed by atoms with Crippen molar-refractivity contribution < 1.29 is 19.2 Å². The van der Waals surface area contributed by atoms with Crippen LogP contribution in [0.1, 0.15) is 64.2 Å². The van der Waals surface area contributed by atoms with E-state index in [1.807, 2.05) is 19.9 Å². The summed E-state index contributed by atoms with van der Waals surface area (Å²) in [6.07, 6.45) is 8.09. The van der Waals surface area contributed by atoms with E-state index in [1.165, 1.54) is 42.7 Å². The van der Waals surface area contributed by atoms with Crippen LogP contribution < -0.4 is 0 Å². The standard InChI is InChI=1S/C23H26N2O5/c1-16-14-20(17(2)24(16)13-12-18-8-4-3-5-9-18)22(26)15-30-23(27)19-10-6-7-11-21(19)25(28)29/h6-8,10-11,14H,3-5,9,12-13,15H2,1-2H3. The van der Waals surface area contributed by atoms with E-state index >= 15 is 0 Å². The molecule has 0 saturated carbocycles. The molecule has 0 bridgehead atoms. The molecular formula is C23H26N2O5. The number of nitro benzene ring substituents is 1. The number of hydrogen-bond acceptors (Lipinski definition) is 5. The van der Waals surface area contributed by atoms with E-state index in [0.717, 1.165) is 37.2 Å².